The summed E-state index contributed by atoms with van der Waals surface area (Å²) in [6, 6.07) is 6.64. The number of alkyl halides is 3. The van der Waals surface area contributed by atoms with Crippen molar-refractivity contribution >= 4 is 43.6 Å². The van der Waals surface area contributed by atoms with Gasteiger partial charge in [-0.05, 0) is 39.0 Å². The number of ether oxygens (including phenoxy) is 2. The van der Waals surface area contributed by atoms with E-state index in [0.29, 0.717) is 0 Å². The lowest BCUT2D eigenvalue weighted by atomic mass is 9.98. The van der Waals surface area contributed by atoms with Crippen LogP contribution in [0.5, 0.6) is 5.75 Å². The van der Waals surface area contributed by atoms with Crippen molar-refractivity contribution in [1.29, 1.82) is 0 Å². The standard InChI is InChI=1S/C22H29F3N3O7PS2/c1-12(2)33-20(30)13(3)27-36(31,35-14-7-5-4-6-8-14)32-11-15-18(29)17(22(23,24)25)19(34-15)28-10-9-16(37)26-21(28)38/h4-10,12-13,15,17-19,21,29,38H,11H2,1-3H3,(H,26,37)(H,27,31)/t13-,15+,17?,18-,19+,21?,36?/m0/s1. The average molecular weight is 600 g/mol. The zero-order chi connectivity index (χ0) is 28.3. The predicted molar refractivity (Wildman–Crippen MR) is 138 cm³/mol. The molecular weight excluding hydrogens is 570 g/mol. The smallest absolute Gasteiger partial charge is 0.459 e. The van der Waals surface area contributed by atoms with Gasteiger partial charge in [0.1, 0.15) is 40.5 Å². The first-order valence-corrected chi connectivity index (χ1v) is 14.0. The molecule has 1 aromatic rings. The molecule has 2 heterocycles. The predicted octanol–water partition coefficient (Wildman–Crippen LogP) is 3.34. The van der Waals surface area contributed by atoms with E-state index < -0.39 is 68.5 Å². The maximum absolute atomic E-state index is 14.0. The minimum absolute atomic E-state index is 0.102. The van der Waals surface area contributed by atoms with Crippen molar-refractivity contribution < 1.29 is 46.2 Å². The molecule has 38 heavy (non-hydrogen) atoms. The van der Waals surface area contributed by atoms with Crippen LogP contribution >= 0.6 is 32.6 Å². The second kappa shape index (κ2) is 12.5. The van der Waals surface area contributed by atoms with E-state index >= 15 is 0 Å². The first-order chi connectivity index (χ1) is 17.7. The Balaban J connectivity index is 1.80. The van der Waals surface area contributed by atoms with Gasteiger partial charge in [-0.25, -0.2) is 4.57 Å². The van der Waals surface area contributed by atoms with Gasteiger partial charge in [0.05, 0.1) is 18.8 Å². The highest BCUT2D eigenvalue weighted by atomic mass is 32.1. The van der Waals surface area contributed by atoms with Crippen molar-refractivity contribution in [2.75, 3.05) is 6.61 Å². The Kier molecular flexibility index (Phi) is 10.1. The molecule has 3 rings (SSSR count). The zero-order valence-electron chi connectivity index (χ0n) is 20.6. The lowest BCUT2D eigenvalue weighted by Gasteiger charge is -2.38. The average Bonchev–Trinajstić information content (AvgIpc) is 3.14. The first kappa shape index (κ1) is 30.7. The first-order valence-electron chi connectivity index (χ1n) is 11.5. The van der Waals surface area contributed by atoms with Crippen molar-refractivity contribution in [3.05, 3.63) is 42.6 Å². The summed E-state index contributed by atoms with van der Waals surface area (Å²) in [5, 5.41) is 15.7. The number of benzene rings is 1. The summed E-state index contributed by atoms with van der Waals surface area (Å²) in [5.74, 6) is -3.01. The van der Waals surface area contributed by atoms with Gasteiger partial charge in [-0.1, -0.05) is 30.4 Å². The number of rotatable bonds is 10. The molecule has 1 aromatic carbocycles. The number of nitrogens with one attached hydrogen (secondary N) is 2. The topological polar surface area (TPSA) is 119 Å². The Morgan fingerprint density at radius 3 is 2.55 bits per heavy atom. The molecule has 16 heteroatoms. The van der Waals surface area contributed by atoms with Crippen molar-refractivity contribution in [1.82, 2.24) is 15.3 Å². The molecule has 3 N–H and O–H groups in total. The van der Waals surface area contributed by atoms with E-state index in [9.17, 15) is 27.6 Å². The number of thiol groups is 1. The molecule has 0 bridgehead atoms. The van der Waals surface area contributed by atoms with Crippen LogP contribution < -0.4 is 14.9 Å². The van der Waals surface area contributed by atoms with Crippen LogP contribution in [0.2, 0.25) is 0 Å². The van der Waals surface area contributed by atoms with E-state index in [4.69, 9.17) is 30.7 Å². The van der Waals surface area contributed by atoms with Crippen LogP contribution in [0.1, 0.15) is 20.8 Å². The van der Waals surface area contributed by atoms with Crippen LogP contribution in [0, 0.1) is 5.92 Å². The summed E-state index contributed by atoms with van der Waals surface area (Å²) in [7, 11) is -4.40. The van der Waals surface area contributed by atoms with E-state index in [-0.39, 0.29) is 10.7 Å². The fraction of sp³-hybridized carbons (Fsp3) is 0.545. The largest absolute Gasteiger partial charge is 0.462 e. The van der Waals surface area contributed by atoms with Gasteiger partial charge < -0.3 is 29.3 Å². The summed E-state index contributed by atoms with van der Waals surface area (Å²) in [6.07, 6.45) is -8.03. The highest BCUT2D eigenvalue weighted by Gasteiger charge is 2.59. The monoisotopic (exact) mass is 599 g/mol. The number of esters is 1. The van der Waals surface area contributed by atoms with Gasteiger partial charge in [-0.15, -0.1) is 12.6 Å². The van der Waals surface area contributed by atoms with E-state index in [1.54, 1.807) is 32.0 Å². The number of halogens is 3. The molecule has 212 valence electrons. The summed E-state index contributed by atoms with van der Waals surface area (Å²) in [6.45, 7) is 3.85. The fourth-order valence-corrected chi connectivity index (χ4v) is 5.82. The maximum Gasteiger partial charge on any atom is 0.459 e. The Morgan fingerprint density at radius 2 is 1.97 bits per heavy atom. The summed E-state index contributed by atoms with van der Waals surface area (Å²) in [5.41, 5.74) is -0.962. The van der Waals surface area contributed by atoms with Gasteiger partial charge >= 0.3 is 19.9 Å². The van der Waals surface area contributed by atoms with Crippen molar-refractivity contribution in [2.24, 2.45) is 5.92 Å². The highest BCUT2D eigenvalue weighted by molar-refractivity contribution is 7.82. The normalized spacial score (nSPS) is 28.1. The van der Waals surface area contributed by atoms with Crippen LogP contribution in [0.3, 0.4) is 0 Å². The highest BCUT2D eigenvalue weighted by Crippen LogP contribution is 2.47. The molecule has 3 unspecified atom stereocenters. The fourth-order valence-electron chi connectivity index (χ4n) is 3.71. The molecule has 2 aliphatic heterocycles. The van der Waals surface area contributed by atoms with E-state index in [1.165, 1.54) is 31.3 Å². The maximum atomic E-state index is 14.0. The van der Waals surface area contributed by atoms with Gasteiger partial charge in [-0.2, -0.15) is 18.3 Å². The molecule has 7 atom stereocenters. The van der Waals surface area contributed by atoms with Crippen LogP contribution in [-0.4, -0.2) is 69.8 Å². The van der Waals surface area contributed by atoms with Crippen LogP contribution in [-0.2, 0) is 23.4 Å². The Hall–Kier alpha value is -1.87. The Morgan fingerprint density at radius 1 is 1.32 bits per heavy atom. The van der Waals surface area contributed by atoms with Crippen molar-refractivity contribution in [3.63, 3.8) is 0 Å². The van der Waals surface area contributed by atoms with Crippen molar-refractivity contribution in [2.45, 2.75) is 63.0 Å². The SMILES string of the molecule is CC(C)OC(=O)[C@H](C)NP(=O)(OC[C@H]1O[C@@H](N2C=CC(=S)NC2S)C(C(F)(F)F)[C@H]1O)Oc1ccccc1. The summed E-state index contributed by atoms with van der Waals surface area (Å²) in [4.78, 5) is 13.7. The minimum atomic E-state index is -4.87. The van der Waals surface area contributed by atoms with Crippen LogP contribution in [0.4, 0.5) is 13.2 Å². The van der Waals surface area contributed by atoms with Crippen LogP contribution in [0.15, 0.2) is 42.6 Å². The van der Waals surface area contributed by atoms with Gasteiger partial charge in [0, 0.05) is 6.20 Å². The number of hydrogen-bond acceptors (Lipinski definition) is 10. The molecular formula is C22H29F3N3O7PS2. The van der Waals surface area contributed by atoms with E-state index in [2.05, 4.69) is 23.0 Å². The molecule has 2 aliphatic rings. The lowest BCUT2D eigenvalue weighted by molar-refractivity contribution is -0.216. The number of aliphatic hydroxyl groups is 1. The number of carbonyl (C=O) groups excluding carboxylic acids is 1. The zero-order valence-corrected chi connectivity index (χ0v) is 23.2. The number of nitrogens with zero attached hydrogens (tertiary/aromatic N) is 1. The number of hydrogen-bond donors (Lipinski definition) is 4. The Labute approximate surface area is 228 Å². The quantitative estimate of drug-likeness (QED) is 0.137. The number of para-hydroxylation sites is 1. The third kappa shape index (κ3) is 7.84. The van der Waals surface area contributed by atoms with Gasteiger partial charge in [0.2, 0.25) is 0 Å². The number of thiocarbonyl (C=S) groups is 1. The summed E-state index contributed by atoms with van der Waals surface area (Å²) >= 11 is 9.20. The summed E-state index contributed by atoms with van der Waals surface area (Å²) < 4.78 is 77.1. The molecule has 0 spiro atoms. The molecule has 0 amide bonds. The second-order valence-electron chi connectivity index (χ2n) is 8.80. The molecule has 0 aromatic heterocycles. The number of aliphatic hydroxyl groups excluding tert-OH is 1. The van der Waals surface area contributed by atoms with Crippen molar-refractivity contribution in [3.8, 4) is 5.75 Å². The Bertz CT molecular complexity index is 1070. The van der Waals surface area contributed by atoms with Gasteiger partial charge in [0.15, 0.2) is 0 Å². The van der Waals surface area contributed by atoms with Crippen LogP contribution in [0.25, 0.3) is 0 Å². The molecule has 0 radical (unpaired) electrons. The van der Waals surface area contributed by atoms with Gasteiger partial charge in [-0.3, -0.25) is 9.32 Å². The minimum Gasteiger partial charge on any atom is -0.462 e. The van der Waals surface area contributed by atoms with E-state index in [0.717, 1.165) is 4.90 Å². The van der Waals surface area contributed by atoms with Gasteiger partial charge in [0.25, 0.3) is 0 Å². The molecule has 0 saturated carbocycles. The molecule has 0 aliphatic carbocycles. The lowest BCUT2D eigenvalue weighted by Crippen LogP contribution is -2.53. The third-order valence-corrected chi connectivity index (χ3v) is 7.72. The second-order valence-corrected chi connectivity index (χ2v) is 11.4. The third-order valence-electron chi connectivity index (χ3n) is 5.43. The van der Waals surface area contributed by atoms with E-state index in [1.807, 2.05) is 0 Å². The number of carbonyl (C=O) groups is 1. The molecule has 10 nitrogen and oxygen atoms in total. The molecule has 1 saturated heterocycles. The molecule has 1 fully saturated rings.